The Hall–Kier alpha value is -1.79. The van der Waals surface area contributed by atoms with Gasteiger partial charge in [0.15, 0.2) is 0 Å². The molecule has 1 amide bonds. The van der Waals surface area contributed by atoms with Gasteiger partial charge in [-0.25, -0.2) is 8.78 Å². The Morgan fingerprint density at radius 1 is 1.26 bits per heavy atom. The first kappa shape index (κ1) is 23.9. The van der Waals surface area contributed by atoms with Crippen molar-refractivity contribution in [3.63, 3.8) is 0 Å². The van der Waals surface area contributed by atoms with Crippen molar-refractivity contribution >= 4 is 48.9 Å². The summed E-state index contributed by atoms with van der Waals surface area (Å²) < 4.78 is 29.3. The molecule has 3 rings (SSSR count). The zero-order chi connectivity index (χ0) is 23.0. The van der Waals surface area contributed by atoms with E-state index in [0.29, 0.717) is 5.69 Å². The lowest BCUT2D eigenvalue weighted by Gasteiger charge is -2.62. The van der Waals surface area contributed by atoms with Crippen LogP contribution in [0.4, 0.5) is 8.78 Å². The predicted molar refractivity (Wildman–Crippen MR) is 120 cm³/mol. The van der Waals surface area contributed by atoms with Gasteiger partial charge in [0, 0.05) is 31.4 Å². The summed E-state index contributed by atoms with van der Waals surface area (Å²) in [5, 5.41) is -1.84. The second kappa shape index (κ2) is 8.62. The summed E-state index contributed by atoms with van der Waals surface area (Å²) in [6.07, 6.45) is 1.49. The molecule has 1 atom stereocenters. The summed E-state index contributed by atoms with van der Waals surface area (Å²) in [4.78, 5) is 18.2. The van der Waals surface area contributed by atoms with Crippen LogP contribution >= 0.6 is 11.6 Å². The quantitative estimate of drug-likeness (QED) is 0.734. The fourth-order valence-corrected chi connectivity index (χ4v) is 3.72. The fourth-order valence-electron chi connectivity index (χ4n) is 3.54. The number of pyridine rings is 1. The summed E-state index contributed by atoms with van der Waals surface area (Å²) in [7, 11) is 24.5. The summed E-state index contributed by atoms with van der Waals surface area (Å²) in [6, 6.07) is 7.10. The number of nitrogens with zero attached hydrogens (tertiary/aromatic N) is 2. The third kappa shape index (κ3) is 4.42. The van der Waals surface area contributed by atoms with Crippen molar-refractivity contribution in [2.75, 3.05) is 13.1 Å². The van der Waals surface area contributed by atoms with E-state index in [-0.39, 0.29) is 36.6 Å². The molecule has 1 aromatic heterocycles. The molecule has 2 aromatic rings. The molecule has 1 fully saturated rings. The molecule has 1 aliphatic rings. The summed E-state index contributed by atoms with van der Waals surface area (Å²) in [6.45, 7) is 1.78. The van der Waals surface area contributed by atoms with Gasteiger partial charge in [0.1, 0.15) is 11.5 Å². The maximum Gasteiger partial charge on any atom is 0.252 e. The number of hydrogen-bond acceptors (Lipinski definition) is 3. The van der Waals surface area contributed by atoms with E-state index in [1.807, 2.05) is 19.1 Å². The molecular formula is C20H18B4ClF2N3O. The number of piperidine rings is 1. The fraction of sp³-hybridized carbons (Fsp3) is 0.400. The van der Waals surface area contributed by atoms with E-state index in [1.54, 1.807) is 6.20 Å². The van der Waals surface area contributed by atoms with Crippen molar-refractivity contribution in [1.29, 1.82) is 0 Å². The number of carbonyl (C=O) groups is 1. The Kier molecular flexibility index (Phi) is 6.64. The van der Waals surface area contributed by atoms with Crippen molar-refractivity contribution in [3.8, 4) is 0 Å². The number of hydrogen-bond donors (Lipinski definition) is 1. The number of aryl methyl sites for hydroxylation is 1. The highest BCUT2D eigenvalue weighted by Crippen LogP contribution is 2.51. The van der Waals surface area contributed by atoms with Crippen LogP contribution in [0.2, 0.25) is 10.2 Å². The maximum absolute atomic E-state index is 15.9. The molecule has 1 aromatic carbocycles. The molecular weight excluding hydrogens is 415 g/mol. The molecule has 4 nitrogen and oxygen atoms in total. The Balaban J connectivity index is 1.76. The van der Waals surface area contributed by atoms with E-state index >= 15 is 4.39 Å². The van der Waals surface area contributed by atoms with E-state index in [2.05, 4.69) is 10.3 Å². The number of nitrogens with one attached hydrogen (secondary N) is 1. The lowest BCUT2D eigenvalue weighted by molar-refractivity contribution is 0.0141. The second-order valence-electron chi connectivity index (χ2n) is 7.93. The molecule has 2 heterocycles. The summed E-state index contributed by atoms with van der Waals surface area (Å²) in [5.41, 5.74) is -0.485. The largest absolute Gasteiger partial charge is 0.351 e. The smallest absolute Gasteiger partial charge is 0.252 e. The number of carbonyl (C=O) groups excluding carboxylic acids is 1. The van der Waals surface area contributed by atoms with Crippen molar-refractivity contribution in [2.45, 2.75) is 36.1 Å². The van der Waals surface area contributed by atoms with Gasteiger partial charge >= 0.3 is 0 Å². The molecule has 0 spiro atoms. The van der Waals surface area contributed by atoms with Crippen LogP contribution < -0.4 is 5.32 Å². The van der Waals surface area contributed by atoms with Gasteiger partial charge in [-0.15, -0.1) is 0 Å². The van der Waals surface area contributed by atoms with Crippen molar-refractivity contribution in [2.24, 2.45) is 0 Å². The van der Waals surface area contributed by atoms with E-state index in [1.165, 1.54) is 6.07 Å². The average Bonchev–Trinajstić information content (AvgIpc) is 2.70. The van der Waals surface area contributed by atoms with Crippen molar-refractivity contribution in [3.05, 3.63) is 64.2 Å². The molecule has 0 bridgehead atoms. The number of alkyl halides is 1. The molecule has 8 radical (unpaired) electrons. The second-order valence-corrected chi connectivity index (χ2v) is 8.33. The zero-order valence-electron chi connectivity index (χ0n) is 17.0. The molecule has 1 saturated heterocycles. The highest BCUT2D eigenvalue weighted by atomic mass is 35.5. The van der Waals surface area contributed by atoms with Crippen LogP contribution in [0.5, 0.6) is 0 Å². The molecule has 1 unspecified atom stereocenters. The molecule has 31 heavy (non-hydrogen) atoms. The van der Waals surface area contributed by atoms with Crippen LogP contribution in [-0.2, 0) is 6.54 Å². The monoisotopic (exact) mass is 433 g/mol. The predicted octanol–water partition coefficient (Wildman–Crippen LogP) is 1.97. The lowest BCUT2D eigenvalue weighted by atomic mass is 9.27. The minimum absolute atomic E-state index is 0.0254. The van der Waals surface area contributed by atoms with Crippen LogP contribution in [0, 0.1) is 12.7 Å². The molecule has 152 valence electrons. The number of aromatic nitrogens is 1. The third-order valence-electron chi connectivity index (χ3n) is 5.68. The first-order valence-corrected chi connectivity index (χ1v) is 10.0. The number of rotatable bonds is 5. The van der Waals surface area contributed by atoms with E-state index < -0.39 is 27.9 Å². The topological polar surface area (TPSA) is 45.2 Å². The van der Waals surface area contributed by atoms with Gasteiger partial charge in [0.05, 0.1) is 42.1 Å². The van der Waals surface area contributed by atoms with Gasteiger partial charge in [0.25, 0.3) is 5.91 Å². The lowest BCUT2D eigenvalue weighted by Crippen LogP contribution is -2.72. The van der Waals surface area contributed by atoms with Gasteiger partial charge in [-0.05, 0) is 48.5 Å². The minimum atomic E-state index is -2.30. The first-order chi connectivity index (χ1) is 14.4. The molecule has 11 heteroatoms. The van der Waals surface area contributed by atoms with E-state index in [0.717, 1.165) is 22.6 Å². The summed E-state index contributed by atoms with van der Waals surface area (Å²) >= 11 is 5.75. The zero-order valence-corrected chi connectivity index (χ0v) is 17.8. The van der Waals surface area contributed by atoms with Crippen LogP contribution in [0.25, 0.3) is 0 Å². The number of halogens is 3. The Labute approximate surface area is 191 Å². The van der Waals surface area contributed by atoms with Gasteiger partial charge in [0.2, 0.25) is 0 Å². The van der Waals surface area contributed by atoms with Gasteiger partial charge in [-0.3, -0.25) is 9.78 Å². The molecule has 1 aliphatic heterocycles. The van der Waals surface area contributed by atoms with Gasteiger partial charge < -0.3 is 10.2 Å². The maximum atomic E-state index is 15.9. The minimum Gasteiger partial charge on any atom is -0.351 e. The molecule has 0 saturated carbocycles. The summed E-state index contributed by atoms with van der Waals surface area (Å²) in [5.74, 6) is -1.38. The van der Waals surface area contributed by atoms with Crippen LogP contribution in [0.15, 0.2) is 36.5 Å². The van der Waals surface area contributed by atoms with E-state index in [9.17, 15) is 9.18 Å². The number of amides is 1. The van der Waals surface area contributed by atoms with Crippen LogP contribution in [-0.4, -0.2) is 71.3 Å². The highest BCUT2D eigenvalue weighted by Gasteiger charge is 2.58. The van der Waals surface area contributed by atoms with Crippen LogP contribution in [0.1, 0.15) is 28.0 Å². The SMILES string of the molecule is [B]C1([B])N(C(=O)c2ccc(F)c(Cl)c2)CCC(F)(CNCc2ccc(C)cn2)C1([B])[B]. The van der Waals surface area contributed by atoms with Gasteiger partial charge in [-0.1, -0.05) is 22.9 Å². The standard InChI is InChI=1S/C20H18B4ClF2N3O/c1-12-2-4-14(29-9-12)10-28-11-18(27)6-7-30(20(23,24)19(18,21)22)17(31)13-3-5-16(26)15(25)8-13/h2-5,8-9,28H,6-7,10-11H2,1H3. The van der Waals surface area contributed by atoms with Gasteiger partial charge in [-0.2, -0.15) is 0 Å². The highest BCUT2D eigenvalue weighted by molar-refractivity contribution is 6.55. The average molecular weight is 433 g/mol. The molecule has 1 N–H and O–H groups in total. The van der Waals surface area contributed by atoms with Crippen molar-refractivity contribution < 1.29 is 13.6 Å². The van der Waals surface area contributed by atoms with Crippen LogP contribution in [0.3, 0.4) is 0 Å². The van der Waals surface area contributed by atoms with E-state index in [4.69, 9.17) is 43.0 Å². The number of likely N-dealkylation sites (tertiary alicyclic amines) is 1. The molecule has 0 aliphatic carbocycles. The normalized spacial score (nSPS) is 22.3. The van der Waals surface area contributed by atoms with Crippen molar-refractivity contribution in [1.82, 2.24) is 15.2 Å². The first-order valence-electron chi connectivity index (χ1n) is 9.63. The third-order valence-corrected chi connectivity index (χ3v) is 5.97. The number of benzene rings is 1. The Morgan fingerprint density at radius 2 is 1.97 bits per heavy atom. The Bertz CT molecular complexity index is 977. The Morgan fingerprint density at radius 3 is 2.58 bits per heavy atom.